The maximum atomic E-state index is 3.55. The molecule has 1 heteroatoms. The summed E-state index contributed by atoms with van der Waals surface area (Å²) in [6, 6.07) is 9.28. The van der Waals surface area contributed by atoms with Crippen LogP contribution in [-0.2, 0) is 11.8 Å². The maximum absolute atomic E-state index is 3.55. The van der Waals surface area contributed by atoms with Crippen molar-refractivity contribution in [1.82, 2.24) is 5.32 Å². The van der Waals surface area contributed by atoms with E-state index in [1.165, 1.54) is 36.8 Å². The number of nitrogens with one attached hydrogen (secondary N) is 1. The summed E-state index contributed by atoms with van der Waals surface area (Å²) >= 11 is 0. The summed E-state index contributed by atoms with van der Waals surface area (Å²) in [4.78, 5) is 0. The van der Waals surface area contributed by atoms with E-state index in [0.717, 1.165) is 13.1 Å². The van der Waals surface area contributed by atoms with Crippen LogP contribution >= 0.6 is 0 Å². The van der Waals surface area contributed by atoms with Crippen LogP contribution in [0.5, 0.6) is 0 Å². The number of aryl methyl sites for hydroxylation is 1. The normalized spacial score (nSPS) is 12.7. The fourth-order valence-electron chi connectivity index (χ4n) is 2.50. The minimum absolute atomic E-state index is 0.294. The van der Waals surface area contributed by atoms with Gasteiger partial charge in [0.2, 0.25) is 0 Å². The first-order valence-electron chi connectivity index (χ1n) is 8.61. The summed E-state index contributed by atoms with van der Waals surface area (Å²) in [5, 5.41) is 3.55. The van der Waals surface area contributed by atoms with E-state index in [0.29, 0.717) is 10.8 Å². The summed E-state index contributed by atoms with van der Waals surface area (Å²) < 4.78 is 0. The molecule has 0 saturated heterocycles. The van der Waals surface area contributed by atoms with Crippen molar-refractivity contribution < 1.29 is 0 Å². The van der Waals surface area contributed by atoms with Gasteiger partial charge in [-0.3, -0.25) is 0 Å². The molecule has 0 spiro atoms. The molecule has 0 heterocycles. The van der Waals surface area contributed by atoms with Gasteiger partial charge in [-0.05, 0) is 54.2 Å². The zero-order valence-electron chi connectivity index (χ0n) is 15.1. The number of benzene rings is 1. The highest BCUT2D eigenvalue weighted by Gasteiger charge is 2.19. The number of hydrogen-bond acceptors (Lipinski definition) is 1. The van der Waals surface area contributed by atoms with Gasteiger partial charge in [-0.15, -0.1) is 0 Å². The van der Waals surface area contributed by atoms with Gasteiger partial charge in [0.1, 0.15) is 0 Å². The van der Waals surface area contributed by atoms with Crippen molar-refractivity contribution in [1.29, 1.82) is 0 Å². The zero-order valence-corrected chi connectivity index (χ0v) is 15.1. The Bertz CT molecular complexity index is 400. The quantitative estimate of drug-likeness (QED) is 0.606. The van der Waals surface area contributed by atoms with Crippen molar-refractivity contribution in [2.24, 2.45) is 5.41 Å². The highest BCUT2D eigenvalue weighted by atomic mass is 14.9. The van der Waals surface area contributed by atoms with Crippen LogP contribution in [0.15, 0.2) is 24.3 Å². The van der Waals surface area contributed by atoms with E-state index in [4.69, 9.17) is 0 Å². The van der Waals surface area contributed by atoms with Crippen LogP contribution in [0, 0.1) is 5.41 Å². The molecule has 0 aliphatic heterocycles. The summed E-state index contributed by atoms with van der Waals surface area (Å²) in [7, 11) is 0. The van der Waals surface area contributed by atoms with Crippen LogP contribution < -0.4 is 5.32 Å². The molecule has 21 heavy (non-hydrogen) atoms. The molecule has 0 atom stereocenters. The van der Waals surface area contributed by atoms with Crippen LogP contribution in [0.1, 0.15) is 71.9 Å². The Labute approximate surface area is 132 Å². The van der Waals surface area contributed by atoms with Crippen molar-refractivity contribution in [2.75, 3.05) is 13.1 Å². The van der Waals surface area contributed by atoms with E-state index in [1.54, 1.807) is 0 Å². The Kier molecular flexibility index (Phi) is 6.93. The Morgan fingerprint density at radius 3 is 2.10 bits per heavy atom. The third-order valence-corrected chi connectivity index (χ3v) is 4.74. The van der Waals surface area contributed by atoms with E-state index in [2.05, 4.69) is 71.1 Å². The molecule has 0 amide bonds. The van der Waals surface area contributed by atoms with Gasteiger partial charge in [0.25, 0.3) is 0 Å². The van der Waals surface area contributed by atoms with E-state index in [1.807, 2.05) is 0 Å². The summed E-state index contributed by atoms with van der Waals surface area (Å²) in [6.07, 6.45) is 4.81. The van der Waals surface area contributed by atoms with Crippen LogP contribution in [0.4, 0.5) is 0 Å². The topological polar surface area (TPSA) is 12.0 Å². The first kappa shape index (κ1) is 18.2. The Hall–Kier alpha value is -0.820. The zero-order chi connectivity index (χ0) is 15.9. The molecule has 1 nitrogen and oxygen atoms in total. The minimum atomic E-state index is 0.294. The maximum Gasteiger partial charge on any atom is 0.000263 e. The largest absolute Gasteiger partial charge is 0.316 e. The van der Waals surface area contributed by atoms with Crippen molar-refractivity contribution in [3.05, 3.63) is 35.4 Å². The lowest BCUT2D eigenvalue weighted by molar-refractivity contribution is 0.315. The Morgan fingerprint density at radius 2 is 1.57 bits per heavy atom. The fourth-order valence-corrected chi connectivity index (χ4v) is 2.50. The first-order valence-corrected chi connectivity index (χ1v) is 8.61. The molecule has 0 fully saturated rings. The molecular weight excluding hydrogens is 254 g/mol. The van der Waals surface area contributed by atoms with E-state index in [9.17, 15) is 0 Å². The third-order valence-electron chi connectivity index (χ3n) is 4.74. The van der Waals surface area contributed by atoms with E-state index < -0.39 is 0 Å². The van der Waals surface area contributed by atoms with Gasteiger partial charge >= 0.3 is 0 Å². The average Bonchev–Trinajstić information content (AvgIpc) is 2.46. The lowest BCUT2D eigenvalue weighted by Gasteiger charge is -2.26. The standard InChI is InChI=1S/C20H35N/c1-7-15-21-16-19(3,4)14-13-17-9-11-18(12-10-17)20(5,6)8-2/h9-12,21H,7-8,13-16H2,1-6H3. The molecule has 120 valence electrons. The Morgan fingerprint density at radius 1 is 0.952 bits per heavy atom. The van der Waals surface area contributed by atoms with Crippen molar-refractivity contribution >= 4 is 0 Å². The molecule has 0 saturated carbocycles. The van der Waals surface area contributed by atoms with Crippen LogP contribution in [0.25, 0.3) is 0 Å². The lowest BCUT2D eigenvalue weighted by atomic mass is 9.81. The van der Waals surface area contributed by atoms with Crippen LogP contribution in [0.2, 0.25) is 0 Å². The molecule has 0 bridgehead atoms. The van der Waals surface area contributed by atoms with Gasteiger partial charge in [-0.1, -0.05) is 65.8 Å². The minimum Gasteiger partial charge on any atom is -0.316 e. The van der Waals surface area contributed by atoms with Crippen LogP contribution in [0.3, 0.4) is 0 Å². The third kappa shape index (κ3) is 6.22. The van der Waals surface area contributed by atoms with Crippen molar-refractivity contribution in [3.8, 4) is 0 Å². The summed E-state index contributed by atoms with van der Waals surface area (Å²) in [5.74, 6) is 0. The van der Waals surface area contributed by atoms with E-state index in [-0.39, 0.29) is 0 Å². The highest BCUT2D eigenvalue weighted by Crippen LogP contribution is 2.28. The average molecular weight is 290 g/mol. The Balaban J connectivity index is 2.52. The fraction of sp³-hybridized carbons (Fsp3) is 0.700. The monoisotopic (exact) mass is 289 g/mol. The molecule has 0 aliphatic carbocycles. The van der Waals surface area contributed by atoms with Gasteiger partial charge in [0.05, 0.1) is 0 Å². The molecule has 1 N–H and O–H groups in total. The highest BCUT2D eigenvalue weighted by molar-refractivity contribution is 5.28. The van der Waals surface area contributed by atoms with Gasteiger partial charge in [0, 0.05) is 6.54 Å². The second-order valence-corrected chi connectivity index (χ2v) is 7.78. The molecule has 0 radical (unpaired) electrons. The van der Waals surface area contributed by atoms with E-state index >= 15 is 0 Å². The molecule has 0 aliphatic rings. The molecule has 1 aromatic rings. The second-order valence-electron chi connectivity index (χ2n) is 7.78. The van der Waals surface area contributed by atoms with Gasteiger partial charge in [-0.25, -0.2) is 0 Å². The number of hydrogen-bond donors (Lipinski definition) is 1. The van der Waals surface area contributed by atoms with Crippen molar-refractivity contribution in [3.63, 3.8) is 0 Å². The van der Waals surface area contributed by atoms with Gasteiger partial charge in [-0.2, -0.15) is 0 Å². The summed E-state index contributed by atoms with van der Waals surface area (Å²) in [5.41, 5.74) is 3.59. The SMILES string of the molecule is CCCNCC(C)(C)CCc1ccc(C(C)(C)CC)cc1. The summed E-state index contributed by atoms with van der Waals surface area (Å²) in [6.45, 7) is 16.1. The smallest absolute Gasteiger partial charge is 0.000263 e. The van der Waals surface area contributed by atoms with Crippen LogP contribution in [-0.4, -0.2) is 13.1 Å². The predicted octanol–water partition coefficient (Wildman–Crippen LogP) is 5.33. The predicted molar refractivity (Wildman–Crippen MR) is 95.0 cm³/mol. The van der Waals surface area contributed by atoms with Gasteiger partial charge in [0.15, 0.2) is 0 Å². The molecule has 0 aromatic heterocycles. The van der Waals surface area contributed by atoms with Gasteiger partial charge < -0.3 is 5.32 Å². The lowest BCUT2D eigenvalue weighted by Crippen LogP contribution is -2.30. The first-order chi connectivity index (χ1) is 9.80. The molecule has 1 rings (SSSR count). The molecule has 0 unspecified atom stereocenters. The molecule has 1 aromatic carbocycles. The van der Waals surface area contributed by atoms with Crippen molar-refractivity contribution in [2.45, 2.75) is 72.6 Å². The second kappa shape index (κ2) is 7.98. The number of rotatable bonds is 9. The molecular formula is C20H35N.